The summed E-state index contributed by atoms with van der Waals surface area (Å²) in [5.74, 6) is -0.143. The van der Waals surface area contributed by atoms with E-state index < -0.39 is 0 Å². The summed E-state index contributed by atoms with van der Waals surface area (Å²) in [5, 5.41) is 19.5. The van der Waals surface area contributed by atoms with E-state index >= 15 is 0 Å². The van der Waals surface area contributed by atoms with Gasteiger partial charge in [0.1, 0.15) is 0 Å². The van der Waals surface area contributed by atoms with Gasteiger partial charge in [-0.3, -0.25) is 4.79 Å². The second kappa shape index (κ2) is 6.57. The Hall–Kier alpha value is -2.97. The lowest BCUT2D eigenvalue weighted by Gasteiger charge is -2.22. The van der Waals surface area contributed by atoms with Crippen LogP contribution in [0.25, 0.3) is 26.6 Å². The molecular weight excluding hydrogens is 392 g/mol. The molecule has 0 saturated carbocycles. The van der Waals surface area contributed by atoms with E-state index in [1.807, 2.05) is 48.7 Å². The molecule has 28 heavy (non-hydrogen) atoms. The number of hydrogen-bond donors (Lipinski definition) is 0. The minimum atomic E-state index is -0.239. The molecule has 8 heteroatoms. The third kappa shape index (κ3) is 2.73. The van der Waals surface area contributed by atoms with Gasteiger partial charge < -0.3 is 9.67 Å². The van der Waals surface area contributed by atoms with Crippen LogP contribution in [0, 0.1) is 6.92 Å². The third-order valence-electron chi connectivity index (χ3n) is 4.79. The summed E-state index contributed by atoms with van der Waals surface area (Å²) in [7, 11) is 0. The van der Waals surface area contributed by atoms with E-state index in [0.29, 0.717) is 28.6 Å². The number of benzene rings is 1. The van der Waals surface area contributed by atoms with Crippen molar-refractivity contribution in [1.29, 1.82) is 0 Å². The lowest BCUT2D eigenvalue weighted by atomic mass is 10.1. The average molecular weight is 408 g/mol. The number of rotatable bonds is 4. The predicted molar refractivity (Wildman–Crippen MR) is 110 cm³/mol. The van der Waals surface area contributed by atoms with Crippen molar-refractivity contribution in [2.45, 2.75) is 19.9 Å². The number of fused-ring (bicyclic) bond motifs is 2. The highest BCUT2D eigenvalue weighted by atomic mass is 32.1. The molecule has 0 atom stereocenters. The SMILES string of the molecule is Cc1c2c(=O)n(-c3nc4ccccc4s3)nc-2cc([O-])n1CCc1cccs1. The number of thiazole rings is 1. The second-order valence-corrected chi connectivity index (χ2v) is 8.53. The van der Waals surface area contributed by atoms with Crippen molar-refractivity contribution in [2.24, 2.45) is 0 Å². The highest BCUT2D eigenvalue weighted by Gasteiger charge is 2.22. The van der Waals surface area contributed by atoms with Crippen LogP contribution in [0.4, 0.5) is 0 Å². The van der Waals surface area contributed by atoms with Gasteiger partial charge in [0.25, 0.3) is 5.56 Å². The van der Waals surface area contributed by atoms with E-state index in [1.54, 1.807) is 15.9 Å². The lowest BCUT2D eigenvalue weighted by Crippen LogP contribution is -2.18. The van der Waals surface area contributed by atoms with Gasteiger partial charge >= 0.3 is 0 Å². The molecule has 3 aromatic rings. The molecule has 0 bridgehead atoms. The fourth-order valence-electron chi connectivity index (χ4n) is 3.39. The number of hydrogen-bond acceptors (Lipinski definition) is 6. The summed E-state index contributed by atoms with van der Waals surface area (Å²) >= 11 is 3.07. The fraction of sp³-hybridized carbons (Fsp3) is 0.150. The number of thiophene rings is 1. The smallest absolute Gasteiger partial charge is 0.284 e. The van der Waals surface area contributed by atoms with Gasteiger partial charge in [-0.15, -0.1) is 11.3 Å². The lowest BCUT2D eigenvalue weighted by molar-refractivity contribution is -0.279. The van der Waals surface area contributed by atoms with Crippen LogP contribution in [0.15, 0.2) is 52.6 Å². The normalized spacial score (nSPS) is 11.6. The molecule has 0 radical (unpaired) electrons. The van der Waals surface area contributed by atoms with Crippen molar-refractivity contribution >= 4 is 32.9 Å². The number of nitrogens with zero attached hydrogens (tertiary/aromatic N) is 4. The van der Waals surface area contributed by atoms with Crippen molar-refractivity contribution in [2.75, 3.05) is 0 Å². The first-order valence-corrected chi connectivity index (χ1v) is 10.5. The summed E-state index contributed by atoms with van der Waals surface area (Å²) in [5.41, 5.74) is 2.13. The number of aryl methyl sites for hydroxylation is 1. The zero-order chi connectivity index (χ0) is 19.3. The average Bonchev–Trinajstić information content (AvgIpc) is 3.40. The Morgan fingerprint density at radius 3 is 2.82 bits per heavy atom. The van der Waals surface area contributed by atoms with Gasteiger partial charge in [-0.1, -0.05) is 29.5 Å². The molecule has 0 fully saturated rings. The molecule has 0 amide bonds. The van der Waals surface area contributed by atoms with E-state index in [4.69, 9.17) is 0 Å². The van der Waals surface area contributed by atoms with Crippen LogP contribution in [0.2, 0.25) is 0 Å². The number of pyridine rings is 1. The van der Waals surface area contributed by atoms with E-state index in [9.17, 15) is 9.90 Å². The topological polar surface area (TPSA) is 75.8 Å². The number of aromatic nitrogens is 4. The molecule has 0 N–H and O–H groups in total. The van der Waals surface area contributed by atoms with Crippen LogP contribution in [0.5, 0.6) is 5.88 Å². The summed E-state index contributed by atoms with van der Waals surface area (Å²) in [6.07, 6.45) is 0.754. The first-order chi connectivity index (χ1) is 13.6. The Morgan fingerprint density at radius 2 is 2.04 bits per heavy atom. The van der Waals surface area contributed by atoms with Gasteiger partial charge in [-0.2, -0.15) is 9.78 Å². The zero-order valence-electron chi connectivity index (χ0n) is 15.0. The maximum absolute atomic E-state index is 13.1. The molecule has 2 aliphatic rings. The molecule has 6 nitrogen and oxygen atoms in total. The van der Waals surface area contributed by atoms with Crippen LogP contribution in [-0.2, 0) is 13.0 Å². The van der Waals surface area contributed by atoms with Crippen LogP contribution < -0.4 is 10.7 Å². The van der Waals surface area contributed by atoms with Gasteiger partial charge in [0.2, 0.25) is 5.13 Å². The van der Waals surface area contributed by atoms with Gasteiger partial charge in [0, 0.05) is 17.1 Å². The Kier molecular flexibility index (Phi) is 4.03. The molecule has 2 aromatic heterocycles. The summed E-state index contributed by atoms with van der Waals surface area (Å²) in [6.45, 7) is 2.34. The van der Waals surface area contributed by atoms with Gasteiger partial charge in [-0.25, -0.2) is 4.98 Å². The molecule has 140 valence electrons. The molecular formula is C20H15N4O2S2-. The van der Waals surface area contributed by atoms with E-state index in [0.717, 1.165) is 16.6 Å². The molecule has 0 spiro atoms. The van der Waals surface area contributed by atoms with Crippen molar-refractivity contribution in [3.05, 3.63) is 68.8 Å². The monoisotopic (exact) mass is 407 g/mol. The van der Waals surface area contributed by atoms with Crippen molar-refractivity contribution in [1.82, 2.24) is 19.3 Å². The molecule has 5 rings (SSSR count). The van der Waals surface area contributed by atoms with Gasteiger partial charge in [-0.05, 0) is 48.9 Å². The maximum Gasteiger partial charge on any atom is 0.284 e. The van der Waals surface area contributed by atoms with E-state index in [-0.39, 0.29) is 11.4 Å². The standard InChI is InChI=1S/C20H16N4O2S2/c1-12-18-15(11-17(25)23(12)9-8-13-5-4-10-27-13)22-24(19(18)26)20-21-14-6-2-3-7-16(14)28-20/h2-7,10-11,25H,8-9H2,1H3/p-1. The summed E-state index contributed by atoms with van der Waals surface area (Å²) in [4.78, 5) is 18.8. The maximum atomic E-state index is 13.1. The third-order valence-corrected chi connectivity index (χ3v) is 6.74. The highest BCUT2D eigenvalue weighted by molar-refractivity contribution is 7.20. The zero-order valence-corrected chi connectivity index (χ0v) is 16.6. The Morgan fingerprint density at radius 1 is 1.18 bits per heavy atom. The molecule has 0 aliphatic carbocycles. The Labute approximate surface area is 168 Å². The van der Waals surface area contributed by atoms with Crippen LogP contribution >= 0.6 is 22.7 Å². The molecule has 4 heterocycles. The van der Waals surface area contributed by atoms with Crippen molar-refractivity contribution in [3.8, 4) is 22.3 Å². The molecule has 2 aliphatic heterocycles. The Balaban J connectivity index is 1.61. The van der Waals surface area contributed by atoms with Crippen LogP contribution in [0.1, 0.15) is 10.6 Å². The molecule has 0 unspecified atom stereocenters. The van der Waals surface area contributed by atoms with E-state index in [2.05, 4.69) is 10.1 Å². The van der Waals surface area contributed by atoms with E-state index in [1.165, 1.54) is 27.0 Å². The fourth-order valence-corrected chi connectivity index (χ4v) is 5.00. The quantitative estimate of drug-likeness (QED) is 0.457. The first kappa shape index (κ1) is 17.2. The molecule has 0 saturated heterocycles. The summed E-state index contributed by atoms with van der Waals surface area (Å²) in [6, 6.07) is 13.2. The van der Waals surface area contributed by atoms with Crippen LogP contribution in [-0.4, -0.2) is 19.3 Å². The second-order valence-electron chi connectivity index (χ2n) is 6.49. The molecule has 1 aromatic carbocycles. The minimum absolute atomic E-state index is 0.143. The Bertz CT molecular complexity index is 1280. The largest absolute Gasteiger partial charge is 0.860 e. The summed E-state index contributed by atoms with van der Waals surface area (Å²) < 4.78 is 3.96. The highest BCUT2D eigenvalue weighted by Crippen LogP contribution is 2.29. The van der Waals surface area contributed by atoms with Crippen molar-refractivity contribution in [3.63, 3.8) is 0 Å². The van der Waals surface area contributed by atoms with Gasteiger partial charge in [0.15, 0.2) is 0 Å². The van der Waals surface area contributed by atoms with Crippen molar-refractivity contribution < 1.29 is 5.11 Å². The van der Waals surface area contributed by atoms with Gasteiger partial charge in [0.05, 0.1) is 21.5 Å². The minimum Gasteiger partial charge on any atom is -0.860 e. The number of para-hydroxylation sites is 1. The first-order valence-electron chi connectivity index (χ1n) is 8.80. The van der Waals surface area contributed by atoms with Crippen LogP contribution in [0.3, 0.4) is 0 Å². The predicted octanol–water partition coefficient (Wildman–Crippen LogP) is 3.43.